The Morgan fingerprint density at radius 2 is 1.19 bits per heavy atom. The zero-order valence-electron chi connectivity index (χ0n) is 33.3. The van der Waals surface area contributed by atoms with Gasteiger partial charge < -0.3 is 30.4 Å². The summed E-state index contributed by atoms with van der Waals surface area (Å²) < 4.78 is 33.2. The molecule has 2 aromatic heterocycles. The number of hydrogen-bond donors (Lipinski definition) is 4. The van der Waals surface area contributed by atoms with Crippen LogP contribution >= 0.6 is 0 Å². The second kappa shape index (κ2) is 14.7. The lowest BCUT2D eigenvalue weighted by Gasteiger charge is -2.36. The zero-order chi connectivity index (χ0) is 38.8. The largest absolute Gasteiger partial charge is 0.367 e. The highest BCUT2D eigenvalue weighted by Gasteiger charge is 2.38. The molecule has 6 heterocycles. The number of H-pyrrole nitrogens is 2. The van der Waals surface area contributed by atoms with Crippen LogP contribution in [-0.2, 0) is 0 Å². The first-order chi connectivity index (χ1) is 27.7. The Morgan fingerprint density at radius 3 is 1.70 bits per heavy atom. The number of hydrogen-bond acceptors (Lipinski definition) is 6. The molecule has 4 aliphatic heterocycles. The molecule has 4 saturated heterocycles. The SMILES string of the molecule is C[Si](C)(C)c1cccc(C2CCN(c3c(F)cc(N4[C@@H](c5ccc6nc([C@@H]7CCCN7)[nH]c6c5)CC[C@H]4c4ccc5nc([C@@H]6CCCN6)[nH]c5c4)cc3F)CC2)c1. The van der Waals surface area contributed by atoms with Crippen molar-refractivity contribution in [3.63, 3.8) is 0 Å². The lowest BCUT2D eigenvalue weighted by molar-refractivity contribution is 0.486. The molecule has 0 saturated carbocycles. The van der Waals surface area contributed by atoms with Crippen LogP contribution in [0.5, 0.6) is 0 Å². The van der Waals surface area contributed by atoms with E-state index in [0.29, 0.717) is 24.7 Å². The highest BCUT2D eigenvalue weighted by atomic mass is 28.3. The van der Waals surface area contributed by atoms with E-state index in [0.717, 1.165) is 109 Å². The standard InChI is InChI=1S/C46H54F2N8Si/c1-57(2,3)33-8-4-7-29(23-33)28-17-21-55(22-18-28)44-34(47)26-32(27-35(44)48)56-42(30-11-13-36-40(24-30)53-45(51-36)38-9-5-19-49-38)15-16-43(56)31-12-14-37-41(25-31)54-46(52-37)39-10-6-20-50-39/h4,7-8,11-14,23-28,38-39,42-43,49-50H,5-6,9-10,15-22H2,1-3H3,(H,51,53)(H,52,54)/t38-,39-,42-,43+/m0/s1. The normalized spacial score (nSPS) is 23.5. The molecule has 4 N–H and O–H groups in total. The predicted molar refractivity (Wildman–Crippen MR) is 229 cm³/mol. The molecule has 0 spiro atoms. The van der Waals surface area contributed by atoms with Crippen molar-refractivity contribution in [1.82, 2.24) is 30.6 Å². The quantitative estimate of drug-likeness (QED) is 0.115. The predicted octanol–water partition coefficient (Wildman–Crippen LogP) is 9.58. The van der Waals surface area contributed by atoms with Crippen LogP contribution in [0.2, 0.25) is 19.6 Å². The number of nitrogens with one attached hydrogen (secondary N) is 4. The summed E-state index contributed by atoms with van der Waals surface area (Å²) in [6.45, 7) is 10.4. The second-order valence-electron chi connectivity index (χ2n) is 18.0. The summed E-state index contributed by atoms with van der Waals surface area (Å²) in [5.41, 5.74) is 8.12. The summed E-state index contributed by atoms with van der Waals surface area (Å²) in [5.74, 6) is 1.35. The van der Waals surface area contributed by atoms with E-state index in [9.17, 15) is 0 Å². The molecule has 296 valence electrons. The van der Waals surface area contributed by atoms with Crippen LogP contribution in [0.25, 0.3) is 22.1 Å². The molecule has 11 heteroatoms. The van der Waals surface area contributed by atoms with Gasteiger partial charge in [0, 0.05) is 18.8 Å². The monoisotopic (exact) mass is 784 g/mol. The highest BCUT2D eigenvalue weighted by molar-refractivity contribution is 6.88. The number of halogens is 2. The minimum Gasteiger partial charge on any atom is -0.367 e. The van der Waals surface area contributed by atoms with E-state index < -0.39 is 19.7 Å². The number of piperidine rings is 1. The fourth-order valence-electron chi connectivity index (χ4n) is 10.2. The van der Waals surface area contributed by atoms with Gasteiger partial charge >= 0.3 is 0 Å². The Morgan fingerprint density at radius 1 is 0.632 bits per heavy atom. The number of imidazole rings is 2. The molecule has 4 atom stereocenters. The molecule has 6 aromatic rings. The van der Waals surface area contributed by atoms with Gasteiger partial charge in [-0.05, 0) is 123 Å². The van der Waals surface area contributed by atoms with E-state index >= 15 is 8.78 Å². The first-order valence-electron chi connectivity index (χ1n) is 21.2. The fourth-order valence-corrected chi connectivity index (χ4v) is 11.4. The molecule has 0 unspecified atom stereocenters. The Bertz CT molecular complexity index is 2290. The van der Waals surface area contributed by atoms with Crippen LogP contribution in [0, 0.1) is 11.6 Å². The van der Waals surface area contributed by atoms with Crippen LogP contribution in [0.4, 0.5) is 20.2 Å². The van der Waals surface area contributed by atoms with Crippen molar-refractivity contribution >= 4 is 46.7 Å². The van der Waals surface area contributed by atoms with Gasteiger partial charge in [0.2, 0.25) is 0 Å². The van der Waals surface area contributed by atoms with Gasteiger partial charge in [0.25, 0.3) is 0 Å². The minimum atomic E-state index is -1.44. The molecule has 0 amide bonds. The molecule has 0 bridgehead atoms. The Hall–Kier alpha value is -4.58. The van der Waals surface area contributed by atoms with Gasteiger partial charge in [0.1, 0.15) is 17.3 Å². The van der Waals surface area contributed by atoms with Gasteiger partial charge in [-0.15, -0.1) is 0 Å². The first kappa shape index (κ1) is 36.7. The first-order valence-corrected chi connectivity index (χ1v) is 24.7. The van der Waals surface area contributed by atoms with Gasteiger partial charge in [-0.2, -0.15) is 0 Å². The maximum absolute atomic E-state index is 16.6. The highest BCUT2D eigenvalue weighted by Crippen LogP contribution is 2.49. The summed E-state index contributed by atoms with van der Waals surface area (Å²) >= 11 is 0. The Balaban J connectivity index is 0.969. The number of rotatable bonds is 8. The van der Waals surface area contributed by atoms with Crippen molar-refractivity contribution < 1.29 is 8.78 Å². The van der Waals surface area contributed by atoms with Crippen LogP contribution in [0.3, 0.4) is 0 Å². The average Bonchev–Trinajstić information content (AvgIpc) is 4.06. The smallest absolute Gasteiger partial charge is 0.151 e. The van der Waals surface area contributed by atoms with E-state index in [2.05, 4.69) is 106 Å². The molecular weight excluding hydrogens is 731 g/mol. The van der Waals surface area contributed by atoms with Crippen molar-refractivity contribution in [2.75, 3.05) is 36.0 Å². The maximum atomic E-state index is 16.6. The molecule has 4 aromatic carbocycles. The molecule has 10 rings (SSSR count). The minimum absolute atomic E-state index is 0.0845. The summed E-state index contributed by atoms with van der Waals surface area (Å²) in [5, 5.41) is 8.57. The summed E-state index contributed by atoms with van der Waals surface area (Å²) in [6, 6.07) is 25.4. The van der Waals surface area contributed by atoms with Crippen molar-refractivity contribution in [2.24, 2.45) is 0 Å². The van der Waals surface area contributed by atoms with Gasteiger partial charge in [0.05, 0.1) is 54.3 Å². The number of anilines is 2. The van der Waals surface area contributed by atoms with E-state index in [-0.39, 0.29) is 29.9 Å². The number of aromatic amines is 2. The molecule has 4 aliphatic rings. The third-order valence-corrected chi connectivity index (χ3v) is 15.4. The van der Waals surface area contributed by atoms with E-state index in [1.165, 1.54) is 10.8 Å². The third kappa shape index (κ3) is 6.95. The lowest BCUT2D eigenvalue weighted by atomic mass is 9.89. The van der Waals surface area contributed by atoms with Gasteiger partial charge in [0.15, 0.2) is 11.6 Å². The van der Waals surface area contributed by atoms with Crippen molar-refractivity contribution in [3.05, 3.63) is 113 Å². The zero-order valence-corrected chi connectivity index (χ0v) is 34.3. The maximum Gasteiger partial charge on any atom is 0.151 e. The van der Waals surface area contributed by atoms with Crippen LogP contribution in [-0.4, -0.2) is 54.2 Å². The van der Waals surface area contributed by atoms with Crippen molar-refractivity contribution in [3.8, 4) is 0 Å². The number of aromatic nitrogens is 4. The summed E-state index contributed by atoms with van der Waals surface area (Å²) in [6.07, 6.45) is 7.86. The molecule has 0 aliphatic carbocycles. The average molecular weight is 785 g/mol. The van der Waals surface area contributed by atoms with Gasteiger partial charge in [-0.1, -0.05) is 61.2 Å². The second-order valence-corrected chi connectivity index (χ2v) is 23.1. The Labute approximate surface area is 334 Å². The van der Waals surface area contributed by atoms with E-state index in [1.807, 2.05) is 4.90 Å². The van der Waals surface area contributed by atoms with Gasteiger partial charge in [-0.25, -0.2) is 18.7 Å². The summed E-state index contributed by atoms with van der Waals surface area (Å²) in [7, 11) is -1.44. The van der Waals surface area contributed by atoms with Crippen LogP contribution < -0.4 is 25.6 Å². The lowest BCUT2D eigenvalue weighted by Crippen LogP contribution is -2.38. The van der Waals surface area contributed by atoms with E-state index in [4.69, 9.17) is 9.97 Å². The topological polar surface area (TPSA) is 87.9 Å². The molecule has 4 fully saturated rings. The van der Waals surface area contributed by atoms with Crippen molar-refractivity contribution in [2.45, 2.75) is 101 Å². The number of nitrogens with zero attached hydrogens (tertiary/aromatic N) is 4. The van der Waals surface area contributed by atoms with Crippen LogP contribution in [0.1, 0.15) is 110 Å². The molecule has 57 heavy (non-hydrogen) atoms. The number of benzene rings is 4. The fraction of sp³-hybridized carbons (Fsp3) is 0.435. The third-order valence-electron chi connectivity index (χ3n) is 13.3. The Kier molecular flexibility index (Phi) is 9.45. The van der Waals surface area contributed by atoms with Crippen molar-refractivity contribution in [1.29, 1.82) is 0 Å². The van der Waals surface area contributed by atoms with E-state index in [1.54, 1.807) is 12.1 Å². The summed E-state index contributed by atoms with van der Waals surface area (Å²) in [4.78, 5) is 21.2. The molecule has 0 radical (unpaired) electrons. The molecular formula is C46H54F2N8Si. The van der Waals surface area contributed by atoms with Gasteiger partial charge in [-0.3, -0.25) is 0 Å². The molecule has 8 nitrogen and oxygen atoms in total. The number of fused-ring (bicyclic) bond motifs is 2. The van der Waals surface area contributed by atoms with Crippen LogP contribution in [0.15, 0.2) is 72.8 Å².